The van der Waals surface area contributed by atoms with Crippen molar-refractivity contribution in [3.63, 3.8) is 0 Å². The van der Waals surface area contributed by atoms with Gasteiger partial charge in [-0.1, -0.05) is 276 Å². The van der Waals surface area contributed by atoms with E-state index in [2.05, 4.69) is 154 Å². The summed E-state index contributed by atoms with van der Waals surface area (Å²) in [5.74, 6) is -0.924. The fourth-order valence-corrected chi connectivity index (χ4v) is 8.96. The third-order valence-electron chi connectivity index (χ3n) is 13.9. The summed E-state index contributed by atoms with van der Waals surface area (Å²) in [5, 5.41) is 0. The monoisotopic (exact) mass is 1110 g/mol. The Hall–Kier alpha value is -4.45. The summed E-state index contributed by atoms with van der Waals surface area (Å²) in [7, 11) is 0. The van der Waals surface area contributed by atoms with Crippen LogP contribution in [0.5, 0.6) is 0 Å². The van der Waals surface area contributed by atoms with Crippen LogP contribution in [0.4, 0.5) is 0 Å². The van der Waals surface area contributed by atoms with Crippen LogP contribution in [-0.2, 0) is 28.6 Å². The molecule has 0 aromatic heterocycles. The molecule has 0 aliphatic carbocycles. The molecule has 0 N–H and O–H groups in total. The molecule has 0 bridgehead atoms. The van der Waals surface area contributed by atoms with Crippen molar-refractivity contribution in [2.45, 2.75) is 303 Å². The lowest BCUT2D eigenvalue weighted by Crippen LogP contribution is -2.30. The van der Waals surface area contributed by atoms with Gasteiger partial charge in [0.2, 0.25) is 0 Å². The van der Waals surface area contributed by atoms with E-state index in [0.29, 0.717) is 19.3 Å². The summed E-state index contributed by atoms with van der Waals surface area (Å²) in [6, 6.07) is 0. The van der Waals surface area contributed by atoms with Crippen LogP contribution in [0.15, 0.2) is 134 Å². The van der Waals surface area contributed by atoms with E-state index in [4.69, 9.17) is 14.2 Å². The Morgan fingerprint density at radius 3 is 0.762 bits per heavy atom. The molecular formula is C74H122O6. The number of rotatable bonds is 59. The number of hydrogen-bond acceptors (Lipinski definition) is 6. The number of ether oxygens (including phenoxy) is 3. The van der Waals surface area contributed by atoms with E-state index >= 15 is 0 Å². The topological polar surface area (TPSA) is 78.9 Å². The second-order valence-electron chi connectivity index (χ2n) is 21.6. The van der Waals surface area contributed by atoms with E-state index in [0.717, 1.165) is 141 Å². The first-order valence-corrected chi connectivity index (χ1v) is 33.2. The first kappa shape index (κ1) is 75.5. The van der Waals surface area contributed by atoms with Gasteiger partial charge in [0.15, 0.2) is 6.10 Å². The minimum Gasteiger partial charge on any atom is -0.462 e. The van der Waals surface area contributed by atoms with Crippen LogP contribution in [0.25, 0.3) is 0 Å². The number of unbranched alkanes of at least 4 members (excludes halogenated alkanes) is 26. The molecule has 1 atom stereocenters. The number of carbonyl (C=O) groups is 3. The van der Waals surface area contributed by atoms with Crippen LogP contribution in [0.3, 0.4) is 0 Å². The highest BCUT2D eigenvalue weighted by atomic mass is 16.6. The highest BCUT2D eigenvalue weighted by molar-refractivity contribution is 5.71. The number of allylic oxidation sites excluding steroid dienone is 22. The summed E-state index contributed by atoms with van der Waals surface area (Å²) >= 11 is 0. The van der Waals surface area contributed by atoms with Crippen LogP contribution < -0.4 is 0 Å². The minimum atomic E-state index is -0.800. The molecule has 0 spiro atoms. The zero-order valence-electron chi connectivity index (χ0n) is 52.0. The maximum absolute atomic E-state index is 12.9. The first-order chi connectivity index (χ1) is 39.5. The van der Waals surface area contributed by atoms with Crippen LogP contribution in [0.2, 0.25) is 0 Å². The quantitative estimate of drug-likeness (QED) is 0.0261. The van der Waals surface area contributed by atoms with E-state index in [9.17, 15) is 14.4 Å². The van der Waals surface area contributed by atoms with Crippen molar-refractivity contribution in [2.75, 3.05) is 13.2 Å². The van der Waals surface area contributed by atoms with E-state index in [1.165, 1.54) is 116 Å². The molecule has 0 rings (SSSR count). The Morgan fingerprint density at radius 1 is 0.263 bits per heavy atom. The average molecular weight is 1110 g/mol. The van der Waals surface area contributed by atoms with Crippen molar-refractivity contribution in [1.29, 1.82) is 0 Å². The molecule has 1 unspecified atom stereocenters. The molecule has 0 aromatic rings. The van der Waals surface area contributed by atoms with Gasteiger partial charge in [-0.05, 0) is 135 Å². The highest BCUT2D eigenvalue weighted by Gasteiger charge is 2.19. The molecule has 0 radical (unpaired) electrons. The third-order valence-corrected chi connectivity index (χ3v) is 13.9. The van der Waals surface area contributed by atoms with Crippen molar-refractivity contribution in [1.82, 2.24) is 0 Å². The van der Waals surface area contributed by atoms with Gasteiger partial charge in [0.1, 0.15) is 13.2 Å². The number of carbonyl (C=O) groups excluding carboxylic acids is 3. The molecule has 0 aromatic carbocycles. The molecule has 6 heteroatoms. The standard InChI is InChI=1S/C74H122O6/c1-4-7-10-13-16-19-22-25-28-31-33-34-35-36-37-38-39-40-41-44-46-49-52-55-58-61-64-67-73(76)79-70-71(69-78-72(75)66-63-60-57-54-51-48-45-42-30-27-24-21-18-15-12-9-6-3)80-74(77)68-65-62-59-56-53-50-47-43-32-29-26-23-20-17-14-11-8-5-2/h7,9-10,12,16,18-21,23,25,27-30,32-34,36-37,45,48,71H,4-6,8,11,13-15,17,22,24,26,31,35,38-44,46-47,49-70H2,1-3H3/b10-7-,12-9-,19-16-,21-18-,23-20-,28-25-,30-27-,32-29-,34-33-,37-36-,48-45-. The van der Waals surface area contributed by atoms with Crippen LogP contribution in [0, 0.1) is 0 Å². The number of esters is 3. The Balaban J connectivity index is 4.39. The summed E-state index contributed by atoms with van der Waals surface area (Å²) in [6.07, 6.45) is 94.5. The molecule has 0 fully saturated rings. The van der Waals surface area contributed by atoms with Gasteiger partial charge in [-0.25, -0.2) is 0 Å². The van der Waals surface area contributed by atoms with Gasteiger partial charge in [0.25, 0.3) is 0 Å². The van der Waals surface area contributed by atoms with Gasteiger partial charge < -0.3 is 14.2 Å². The van der Waals surface area contributed by atoms with E-state index in [1.807, 2.05) is 0 Å². The van der Waals surface area contributed by atoms with Crippen LogP contribution in [0.1, 0.15) is 297 Å². The molecule has 0 saturated carbocycles. The summed E-state index contributed by atoms with van der Waals surface area (Å²) in [4.78, 5) is 38.4. The van der Waals surface area contributed by atoms with E-state index in [1.54, 1.807) is 0 Å². The molecule has 6 nitrogen and oxygen atoms in total. The van der Waals surface area contributed by atoms with Gasteiger partial charge in [-0.2, -0.15) is 0 Å². The Labute approximate surface area is 494 Å². The van der Waals surface area contributed by atoms with Crippen molar-refractivity contribution in [3.05, 3.63) is 134 Å². The molecule has 0 aliphatic rings. The molecule has 0 amide bonds. The molecule has 80 heavy (non-hydrogen) atoms. The Kier molecular flexibility index (Phi) is 63.3. The first-order valence-electron chi connectivity index (χ1n) is 33.2. The Bertz CT molecular complexity index is 1700. The highest BCUT2D eigenvalue weighted by Crippen LogP contribution is 2.16. The lowest BCUT2D eigenvalue weighted by Gasteiger charge is -2.18. The zero-order valence-corrected chi connectivity index (χ0v) is 52.0. The average Bonchev–Trinajstić information content (AvgIpc) is 3.46. The van der Waals surface area contributed by atoms with Crippen molar-refractivity contribution >= 4 is 17.9 Å². The smallest absolute Gasteiger partial charge is 0.306 e. The Morgan fingerprint density at radius 2 is 0.487 bits per heavy atom. The fraction of sp³-hybridized carbons (Fsp3) is 0.662. The SMILES string of the molecule is CC/C=C\C/C=C\C/C=C\C/C=C\C/C=C\CCCCCCCCCCCCCC(=O)OCC(COC(=O)CCCCCC/C=C\C/C=C\C/C=C\C/C=C\CC)OC(=O)CCCCCCCCC/C=C\C/C=C\CCCCCC. The minimum absolute atomic E-state index is 0.0937. The summed E-state index contributed by atoms with van der Waals surface area (Å²) in [6.45, 7) is 6.38. The largest absolute Gasteiger partial charge is 0.462 e. The van der Waals surface area contributed by atoms with E-state index in [-0.39, 0.29) is 31.1 Å². The normalized spacial score (nSPS) is 13.0. The van der Waals surface area contributed by atoms with Crippen LogP contribution in [-0.4, -0.2) is 37.2 Å². The molecular weight excluding hydrogens is 985 g/mol. The predicted molar refractivity (Wildman–Crippen MR) is 348 cm³/mol. The summed E-state index contributed by atoms with van der Waals surface area (Å²) < 4.78 is 16.9. The maximum atomic E-state index is 12.9. The van der Waals surface area contributed by atoms with Crippen molar-refractivity contribution in [2.24, 2.45) is 0 Å². The van der Waals surface area contributed by atoms with Gasteiger partial charge in [-0.15, -0.1) is 0 Å². The molecule has 0 heterocycles. The zero-order chi connectivity index (χ0) is 57.8. The van der Waals surface area contributed by atoms with Gasteiger partial charge in [0.05, 0.1) is 0 Å². The maximum Gasteiger partial charge on any atom is 0.306 e. The third kappa shape index (κ3) is 64.4. The summed E-state index contributed by atoms with van der Waals surface area (Å²) in [5.41, 5.74) is 0. The second-order valence-corrected chi connectivity index (χ2v) is 21.6. The van der Waals surface area contributed by atoms with Crippen molar-refractivity contribution in [3.8, 4) is 0 Å². The lowest BCUT2D eigenvalue weighted by atomic mass is 10.0. The number of hydrogen-bond donors (Lipinski definition) is 0. The van der Waals surface area contributed by atoms with E-state index < -0.39 is 6.10 Å². The van der Waals surface area contributed by atoms with Gasteiger partial charge in [-0.3, -0.25) is 14.4 Å². The van der Waals surface area contributed by atoms with Gasteiger partial charge in [0, 0.05) is 19.3 Å². The predicted octanol–water partition coefficient (Wildman–Crippen LogP) is 22.9. The van der Waals surface area contributed by atoms with Crippen LogP contribution >= 0.6 is 0 Å². The fourth-order valence-electron chi connectivity index (χ4n) is 8.96. The van der Waals surface area contributed by atoms with Gasteiger partial charge >= 0.3 is 17.9 Å². The second kappa shape index (κ2) is 67.1. The van der Waals surface area contributed by atoms with Crippen molar-refractivity contribution < 1.29 is 28.6 Å². The molecule has 0 aliphatic heterocycles. The molecule has 454 valence electrons. The lowest BCUT2D eigenvalue weighted by molar-refractivity contribution is -0.167. The molecule has 0 saturated heterocycles.